The minimum atomic E-state index is 0.0494. The van der Waals surface area contributed by atoms with Crippen molar-refractivity contribution >= 4 is 55.9 Å². The highest BCUT2D eigenvalue weighted by Gasteiger charge is 2.05. The Balaban J connectivity index is 3.05. The molecule has 0 spiro atoms. The number of hydrogen-bond acceptors (Lipinski definition) is 1. The Morgan fingerprint density at radius 1 is 1.58 bits per heavy atom. The molecular weight excluding hydrogens is 354 g/mol. The summed E-state index contributed by atoms with van der Waals surface area (Å²) in [7, 11) is 0. The third-order valence-corrected chi connectivity index (χ3v) is 3.44. The lowest BCUT2D eigenvalue weighted by Crippen LogP contribution is -1.99. The van der Waals surface area contributed by atoms with E-state index in [9.17, 15) is 4.79 Å². The van der Waals surface area contributed by atoms with Crippen molar-refractivity contribution in [3.05, 3.63) is 32.4 Å². The summed E-state index contributed by atoms with van der Waals surface area (Å²) in [6.07, 6.45) is 0. The maximum atomic E-state index is 11.2. The van der Waals surface area contributed by atoms with Gasteiger partial charge in [0.25, 0.3) is 0 Å². The lowest BCUT2D eigenvalue weighted by molar-refractivity contribution is 0.102. The van der Waals surface area contributed by atoms with Gasteiger partial charge in [0.1, 0.15) is 0 Å². The van der Waals surface area contributed by atoms with Crippen LogP contribution in [-0.2, 0) is 0 Å². The normalized spacial score (nSPS) is 9.92. The molecule has 0 saturated heterocycles. The van der Waals surface area contributed by atoms with Crippen LogP contribution in [0.2, 0.25) is 5.02 Å². The van der Waals surface area contributed by atoms with E-state index in [1.54, 1.807) is 12.1 Å². The van der Waals surface area contributed by atoms with Crippen LogP contribution in [0.25, 0.3) is 0 Å². The molecule has 0 fully saturated rings. The van der Waals surface area contributed by atoms with E-state index in [0.717, 1.165) is 3.57 Å². The van der Waals surface area contributed by atoms with Crippen molar-refractivity contribution in [2.45, 2.75) is 0 Å². The molecule has 4 heteroatoms. The van der Waals surface area contributed by atoms with E-state index in [0.29, 0.717) is 15.9 Å². The van der Waals surface area contributed by atoms with Gasteiger partial charge < -0.3 is 0 Å². The van der Waals surface area contributed by atoms with E-state index < -0.39 is 0 Å². The first-order valence-electron chi connectivity index (χ1n) is 3.19. The van der Waals surface area contributed by atoms with E-state index >= 15 is 0 Å². The maximum Gasteiger partial charge on any atom is 0.173 e. The van der Waals surface area contributed by atoms with Crippen molar-refractivity contribution in [1.82, 2.24) is 0 Å². The quantitative estimate of drug-likeness (QED) is 0.449. The number of benzene rings is 1. The summed E-state index contributed by atoms with van der Waals surface area (Å²) >= 11 is 11.1. The van der Waals surface area contributed by atoms with Gasteiger partial charge >= 0.3 is 0 Å². The molecule has 0 radical (unpaired) electrons. The predicted molar refractivity (Wildman–Crippen MR) is 62.3 cm³/mol. The number of hydrogen-bond donors (Lipinski definition) is 0. The molecule has 0 saturated carbocycles. The van der Waals surface area contributed by atoms with Gasteiger partial charge in [-0.2, -0.15) is 0 Å². The van der Waals surface area contributed by atoms with Gasteiger partial charge in [0, 0.05) is 9.13 Å². The summed E-state index contributed by atoms with van der Waals surface area (Å²) in [6.45, 7) is 0. The minimum Gasteiger partial charge on any atom is -0.293 e. The van der Waals surface area contributed by atoms with E-state index in [-0.39, 0.29) is 5.78 Å². The zero-order valence-corrected chi connectivity index (χ0v) is 10.5. The third-order valence-electron chi connectivity index (χ3n) is 1.36. The van der Waals surface area contributed by atoms with Gasteiger partial charge in [-0.25, -0.2) is 0 Å². The van der Waals surface area contributed by atoms with E-state index in [4.69, 9.17) is 11.6 Å². The number of carbonyl (C=O) groups excluding carboxylic acids is 1. The number of alkyl halides is 1. The van der Waals surface area contributed by atoms with Gasteiger partial charge in [-0.05, 0) is 34.7 Å². The average Bonchev–Trinajstić information content (AvgIpc) is 2.08. The molecule has 64 valence electrons. The monoisotopic (exact) mass is 358 g/mol. The zero-order valence-electron chi connectivity index (χ0n) is 5.98. The van der Waals surface area contributed by atoms with Gasteiger partial charge in [0.05, 0.1) is 10.4 Å². The molecule has 12 heavy (non-hydrogen) atoms. The molecule has 0 aliphatic rings. The molecule has 1 nitrogen and oxygen atoms in total. The Bertz CT molecular complexity index is 314. The summed E-state index contributed by atoms with van der Waals surface area (Å²) in [5.41, 5.74) is 0.650. The Morgan fingerprint density at radius 2 is 2.25 bits per heavy atom. The second kappa shape index (κ2) is 4.58. The van der Waals surface area contributed by atoms with Gasteiger partial charge in [-0.15, -0.1) is 0 Å². The molecular formula is C8H5BrClIO. The Labute approximate surface area is 97.8 Å². The van der Waals surface area contributed by atoms with Crippen molar-refractivity contribution in [3.63, 3.8) is 0 Å². The topological polar surface area (TPSA) is 17.1 Å². The SMILES string of the molecule is O=C(CBr)c1ccc(I)c(Cl)c1. The number of ketones is 1. The van der Waals surface area contributed by atoms with E-state index in [1.165, 1.54) is 0 Å². The van der Waals surface area contributed by atoms with Gasteiger partial charge in [-0.3, -0.25) is 4.79 Å². The van der Waals surface area contributed by atoms with Crippen molar-refractivity contribution in [3.8, 4) is 0 Å². The molecule has 0 aliphatic carbocycles. The molecule has 0 heterocycles. The smallest absolute Gasteiger partial charge is 0.173 e. The van der Waals surface area contributed by atoms with Crippen LogP contribution >= 0.6 is 50.1 Å². The lowest BCUT2D eigenvalue weighted by atomic mass is 10.2. The van der Waals surface area contributed by atoms with E-state index in [1.807, 2.05) is 6.07 Å². The highest BCUT2D eigenvalue weighted by molar-refractivity contribution is 14.1. The number of carbonyl (C=O) groups is 1. The van der Waals surface area contributed by atoms with Crippen LogP contribution < -0.4 is 0 Å². The Morgan fingerprint density at radius 3 is 2.75 bits per heavy atom. The molecule has 0 atom stereocenters. The molecule has 1 aromatic carbocycles. The first kappa shape index (κ1) is 10.5. The van der Waals surface area contributed by atoms with Gasteiger partial charge in [-0.1, -0.05) is 33.6 Å². The summed E-state index contributed by atoms with van der Waals surface area (Å²) < 4.78 is 0.959. The van der Waals surface area contributed by atoms with Crippen molar-refractivity contribution < 1.29 is 4.79 Å². The number of Topliss-reactive ketones (excluding diaryl/α,β-unsaturated/α-hetero) is 1. The summed E-state index contributed by atoms with van der Waals surface area (Å²) in [5.74, 6) is 0.0494. The molecule has 0 aromatic heterocycles. The van der Waals surface area contributed by atoms with Crippen molar-refractivity contribution in [2.75, 3.05) is 5.33 Å². The van der Waals surface area contributed by atoms with Gasteiger partial charge in [0.2, 0.25) is 0 Å². The molecule has 1 rings (SSSR count). The highest BCUT2D eigenvalue weighted by atomic mass is 127. The summed E-state index contributed by atoms with van der Waals surface area (Å²) in [4.78, 5) is 11.2. The first-order valence-corrected chi connectivity index (χ1v) is 5.77. The first-order chi connectivity index (χ1) is 5.65. The zero-order chi connectivity index (χ0) is 9.14. The number of rotatable bonds is 2. The third kappa shape index (κ3) is 2.44. The van der Waals surface area contributed by atoms with Crippen LogP contribution in [0.4, 0.5) is 0 Å². The standard InChI is InChI=1S/C8H5BrClIO/c9-4-8(12)5-1-2-7(11)6(10)3-5/h1-3H,4H2. The largest absolute Gasteiger partial charge is 0.293 e. The second-order valence-electron chi connectivity index (χ2n) is 2.19. The van der Waals surface area contributed by atoms with Crippen molar-refractivity contribution in [1.29, 1.82) is 0 Å². The van der Waals surface area contributed by atoms with Crippen LogP contribution in [0, 0.1) is 3.57 Å². The minimum absolute atomic E-state index is 0.0494. The molecule has 1 aromatic rings. The molecule has 0 amide bonds. The van der Waals surface area contributed by atoms with Crippen LogP contribution in [0.3, 0.4) is 0 Å². The summed E-state index contributed by atoms with van der Waals surface area (Å²) in [6, 6.07) is 5.29. The fourth-order valence-corrected chi connectivity index (χ4v) is 1.59. The average molecular weight is 359 g/mol. The van der Waals surface area contributed by atoms with Crippen LogP contribution in [0.1, 0.15) is 10.4 Å². The fourth-order valence-electron chi connectivity index (χ4n) is 0.747. The predicted octanol–water partition coefficient (Wildman–Crippen LogP) is 3.52. The Hall–Kier alpha value is 0.390. The maximum absolute atomic E-state index is 11.2. The van der Waals surface area contributed by atoms with Crippen molar-refractivity contribution in [2.24, 2.45) is 0 Å². The summed E-state index contributed by atoms with van der Waals surface area (Å²) in [5, 5.41) is 0.964. The fraction of sp³-hybridized carbons (Fsp3) is 0.125. The second-order valence-corrected chi connectivity index (χ2v) is 4.32. The van der Waals surface area contributed by atoms with E-state index in [2.05, 4.69) is 38.5 Å². The molecule has 0 N–H and O–H groups in total. The molecule has 0 bridgehead atoms. The Kier molecular flexibility index (Phi) is 3.99. The van der Waals surface area contributed by atoms with Gasteiger partial charge in [0.15, 0.2) is 5.78 Å². The molecule has 0 aliphatic heterocycles. The lowest BCUT2D eigenvalue weighted by Gasteiger charge is -1.99. The highest BCUT2D eigenvalue weighted by Crippen LogP contribution is 2.19. The van der Waals surface area contributed by atoms with Crippen LogP contribution in [0.5, 0.6) is 0 Å². The van der Waals surface area contributed by atoms with Crippen LogP contribution in [-0.4, -0.2) is 11.1 Å². The number of halogens is 3. The van der Waals surface area contributed by atoms with Crippen LogP contribution in [0.15, 0.2) is 18.2 Å². The molecule has 0 unspecified atom stereocenters.